The van der Waals surface area contributed by atoms with E-state index in [1.54, 1.807) is 12.1 Å². The monoisotopic (exact) mass is 247 g/mol. The Kier molecular flexibility index (Phi) is 3.14. The van der Waals surface area contributed by atoms with Crippen LogP contribution in [0.1, 0.15) is 28.4 Å². The number of hydrogen-bond acceptors (Lipinski definition) is 4. The lowest BCUT2D eigenvalue weighted by Gasteiger charge is -2.18. The van der Waals surface area contributed by atoms with E-state index in [0.717, 1.165) is 11.1 Å². The number of fused-ring (bicyclic) bond motifs is 1. The number of nitrogens with one attached hydrogen (secondary N) is 1. The zero-order valence-electron chi connectivity index (χ0n) is 10.2. The first-order valence-electron chi connectivity index (χ1n) is 5.65. The Hall–Kier alpha value is -2.17. The molecule has 94 valence electrons. The van der Waals surface area contributed by atoms with Crippen LogP contribution in [0.25, 0.3) is 0 Å². The minimum atomic E-state index is -0.637. The van der Waals surface area contributed by atoms with E-state index in [9.17, 15) is 14.4 Å². The molecule has 1 amide bonds. The van der Waals surface area contributed by atoms with Crippen molar-refractivity contribution in [2.75, 3.05) is 12.4 Å². The Labute approximate surface area is 104 Å². The van der Waals surface area contributed by atoms with Crippen molar-refractivity contribution in [2.24, 2.45) is 0 Å². The van der Waals surface area contributed by atoms with Crippen LogP contribution < -0.4 is 5.32 Å². The molecule has 0 fully saturated rings. The van der Waals surface area contributed by atoms with Gasteiger partial charge in [-0.1, -0.05) is 13.0 Å². The Balaban J connectivity index is 2.53. The third-order valence-electron chi connectivity index (χ3n) is 2.97. The summed E-state index contributed by atoms with van der Waals surface area (Å²) in [4.78, 5) is 34.2. The van der Waals surface area contributed by atoms with Gasteiger partial charge in [0.15, 0.2) is 0 Å². The van der Waals surface area contributed by atoms with E-state index >= 15 is 0 Å². The van der Waals surface area contributed by atoms with Crippen LogP contribution in [0.4, 0.5) is 5.69 Å². The summed E-state index contributed by atoms with van der Waals surface area (Å²) in [6.45, 7) is 1.91. The zero-order chi connectivity index (χ0) is 13.3. The number of hydrogen-bond donors (Lipinski definition) is 1. The number of ether oxygens (including phenoxy) is 1. The second-order valence-corrected chi connectivity index (χ2v) is 4.07. The molecule has 1 aromatic carbocycles. The van der Waals surface area contributed by atoms with Crippen molar-refractivity contribution in [3.8, 4) is 0 Å². The number of anilines is 1. The first kappa shape index (κ1) is 12.3. The van der Waals surface area contributed by atoms with Crippen molar-refractivity contribution in [1.82, 2.24) is 0 Å². The number of carbonyl (C=O) groups excluding carboxylic acids is 3. The molecular weight excluding hydrogens is 234 g/mol. The van der Waals surface area contributed by atoms with Crippen LogP contribution >= 0.6 is 0 Å². The molecule has 1 aliphatic rings. The Morgan fingerprint density at radius 2 is 2.11 bits per heavy atom. The number of Topliss-reactive ketones (excluding diaryl/α,β-unsaturated/α-hetero) is 1. The molecule has 1 heterocycles. The van der Waals surface area contributed by atoms with Gasteiger partial charge in [-0.3, -0.25) is 9.59 Å². The second-order valence-electron chi connectivity index (χ2n) is 4.07. The zero-order valence-corrected chi connectivity index (χ0v) is 10.2. The van der Waals surface area contributed by atoms with Gasteiger partial charge in [0.05, 0.1) is 12.7 Å². The maximum absolute atomic E-state index is 11.6. The number of benzene rings is 1. The normalized spacial score (nSPS) is 13.9. The number of rotatable bonds is 2. The highest BCUT2D eigenvalue weighted by Crippen LogP contribution is 2.26. The highest BCUT2D eigenvalue weighted by Gasteiger charge is 2.25. The minimum absolute atomic E-state index is 0.0790. The summed E-state index contributed by atoms with van der Waals surface area (Å²) in [5.41, 5.74) is 2.49. The maximum Gasteiger partial charge on any atom is 0.338 e. The lowest BCUT2D eigenvalue weighted by Crippen LogP contribution is -2.30. The first-order valence-corrected chi connectivity index (χ1v) is 5.65. The van der Waals surface area contributed by atoms with Gasteiger partial charge in [0.1, 0.15) is 0 Å². The molecule has 0 aromatic heterocycles. The Bertz CT molecular complexity index is 548. The van der Waals surface area contributed by atoms with Gasteiger partial charge in [0.25, 0.3) is 5.91 Å². The van der Waals surface area contributed by atoms with E-state index in [1.165, 1.54) is 7.11 Å². The predicted octanol–water partition coefficient (Wildman–Crippen LogP) is 1.10. The summed E-state index contributed by atoms with van der Waals surface area (Å²) in [5.74, 6) is -1.54. The van der Waals surface area contributed by atoms with E-state index in [-0.39, 0.29) is 6.42 Å². The van der Waals surface area contributed by atoms with E-state index < -0.39 is 17.7 Å². The van der Waals surface area contributed by atoms with Gasteiger partial charge in [0.2, 0.25) is 5.78 Å². The summed E-state index contributed by atoms with van der Waals surface area (Å²) in [6.07, 6.45) is 0.732. The van der Waals surface area contributed by atoms with Gasteiger partial charge in [-0.05, 0) is 23.6 Å². The fourth-order valence-electron chi connectivity index (χ4n) is 2.00. The molecule has 0 unspecified atom stereocenters. The van der Waals surface area contributed by atoms with Crippen LogP contribution in [0.2, 0.25) is 0 Å². The van der Waals surface area contributed by atoms with Crippen LogP contribution in [0.15, 0.2) is 12.1 Å². The molecule has 0 atom stereocenters. The molecule has 0 saturated heterocycles. The van der Waals surface area contributed by atoms with Crippen molar-refractivity contribution < 1.29 is 19.1 Å². The fourth-order valence-corrected chi connectivity index (χ4v) is 2.00. The number of aryl methyl sites for hydroxylation is 1. The molecule has 0 aliphatic carbocycles. The predicted molar refractivity (Wildman–Crippen MR) is 64.5 cm³/mol. The van der Waals surface area contributed by atoms with Gasteiger partial charge in [-0.15, -0.1) is 0 Å². The lowest BCUT2D eigenvalue weighted by molar-refractivity contribution is -0.134. The quantitative estimate of drug-likeness (QED) is 0.627. The topological polar surface area (TPSA) is 72.5 Å². The Morgan fingerprint density at radius 1 is 1.39 bits per heavy atom. The summed E-state index contributed by atoms with van der Waals surface area (Å²) < 4.78 is 4.70. The molecule has 5 nitrogen and oxygen atoms in total. The summed E-state index contributed by atoms with van der Waals surface area (Å²) in [5, 5.41) is 2.48. The van der Waals surface area contributed by atoms with Gasteiger partial charge < -0.3 is 10.1 Å². The maximum atomic E-state index is 11.6. The highest BCUT2D eigenvalue weighted by molar-refractivity contribution is 6.42. The molecule has 5 heteroatoms. The summed E-state index contributed by atoms with van der Waals surface area (Å²) in [7, 11) is 1.31. The molecule has 1 aromatic rings. The second kappa shape index (κ2) is 4.60. The van der Waals surface area contributed by atoms with E-state index in [4.69, 9.17) is 4.74 Å². The average Bonchev–Trinajstić information content (AvgIpc) is 2.38. The van der Waals surface area contributed by atoms with Crippen LogP contribution in [-0.2, 0) is 27.2 Å². The molecule has 0 radical (unpaired) electrons. The number of methoxy groups -OCH3 is 1. The van der Waals surface area contributed by atoms with Crippen LogP contribution in [0.3, 0.4) is 0 Å². The van der Waals surface area contributed by atoms with Crippen LogP contribution in [0.5, 0.6) is 0 Å². The van der Waals surface area contributed by atoms with Crippen molar-refractivity contribution in [1.29, 1.82) is 0 Å². The lowest BCUT2D eigenvalue weighted by atomic mass is 9.95. The standard InChI is InChI=1S/C13H13NO4/c1-3-7-4-8-5-11(15)12(16)14-10(8)6-9(7)13(17)18-2/h4,6H,3,5H2,1-2H3,(H,14,16). The molecule has 2 rings (SSSR count). The number of ketones is 1. The van der Waals surface area contributed by atoms with E-state index in [2.05, 4.69) is 5.32 Å². The molecule has 1 aliphatic heterocycles. The molecule has 0 bridgehead atoms. The van der Waals surface area contributed by atoms with Gasteiger partial charge in [-0.25, -0.2) is 4.79 Å². The molecule has 0 saturated carbocycles. The molecule has 18 heavy (non-hydrogen) atoms. The van der Waals surface area contributed by atoms with Crippen LogP contribution in [0, 0.1) is 0 Å². The highest BCUT2D eigenvalue weighted by atomic mass is 16.5. The fraction of sp³-hybridized carbons (Fsp3) is 0.308. The van der Waals surface area contributed by atoms with Crippen molar-refractivity contribution in [3.63, 3.8) is 0 Å². The van der Waals surface area contributed by atoms with E-state index in [1.807, 2.05) is 6.92 Å². The third kappa shape index (κ3) is 1.99. The largest absolute Gasteiger partial charge is 0.465 e. The SMILES string of the molecule is CCc1cc2c(cc1C(=O)OC)NC(=O)C(=O)C2. The molecule has 0 spiro atoms. The van der Waals surface area contributed by atoms with Gasteiger partial charge in [0, 0.05) is 12.1 Å². The van der Waals surface area contributed by atoms with Crippen LogP contribution in [-0.4, -0.2) is 24.8 Å². The smallest absolute Gasteiger partial charge is 0.338 e. The molecule has 1 N–H and O–H groups in total. The van der Waals surface area contributed by atoms with Gasteiger partial charge in [-0.2, -0.15) is 0 Å². The average molecular weight is 247 g/mol. The number of esters is 1. The van der Waals surface area contributed by atoms with E-state index in [0.29, 0.717) is 17.7 Å². The van der Waals surface area contributed by atoms with Crippen molar-refractivity contribution in [3.05, 3.63) is 28.8 Å². The Morgan fingerprint density at radius 3 is 2.72 bits per heavy atom. The number of amides is 1. The molecular formula is C13H13NO4. The third-order valence-corrected chi connectivity index (χ3v) is 2.97. The van der Waals surface area contributed by atoms with Gasteiger partial charge >= 0.3 is 5.97 Å². The summed E-state index contributed by atoms with van der Waals surface area (Å²) in [6, 6.07) is 3.35. The van der Waals surface area contributed by atoms with Crippen molar-refractivity contribution >= 4 is 23.3 Å². The van der Waals surface area contributed by atoms with Crippen molar-refractivity contribution in [2.45, 2.75) is 19.8 Å². The number of carbonyl (C=O) groups is 3. The minimum Gasteiger partial charge on any atom is -0.465 e. The summed E-state index contributed by atoms with van der Waals surface area (Å²) >= 11 is 0. The first-order chi connectivity index (χ1) is 8.56.